The highest BCUT2D eigenvalue weighted by molar-refractivity contribution is 7.99. The summed E-state index contributed by atoms with van der Waals surface area (Å²) in [7, 11) is 0. The van der Waals surface area contributed by atoms with Crippen molar-refractivity contribution < 1.29 is 18.0 Å². The molecule has 0 spiro atoms. The lowest BCUT2D eigenvalue weighted by Crippen LogP contribution is -2.27. The summed E-state index contributed by atoms with van der Waals surface area (Å²) in [5, 5.41) is 2.55. The Morgan fingerprint density at radius 2 is 1.65 bits per heavy atom. The fourth-order valence-corrected chi connectivity index (χ4v) is 2.88. The minimum Gasteiger partial charge on any atom is -0.352 e. The molecule has 0 aliphatic rings. The predicted molar refractivity (Wildman–Crippen MR) is 85.6 cm³/mol. The van der Waals surface area contributed by atoms with Crippen molar-refractivity contribution in [2.45, 2.75) is 17.5 Å². The second kappa shape index (κ2) is 8.06. The molecule has 122 valence electrons. The smallest absolute Gasteiger partial charge is 0.352 e. The van der Waals surface area contributed by atoms with Gasteiger partial charge in [-0.05, 0) is 36.4 Å². The van der Waals surface area contributed by atoms with Gasteiger partial charge in [0, 0.05) is 11.4 Å². The highest BCUT2D eigenvalue weighted by Gasteiger charge is 2.34. The number of alkyl halides is 3. The van der Waals surface area contributed by atoms with E-state index >= 15 is 0 Å². The third kappa shape index (κ3) is 5.32. The molecule has 0 atom stereocenters. The molecular weight excluding hydrogens is 323 g/mol. The summed E-state index contributed by atoms with van der Waals surface area (Å²) in [6.07, 6.45) is -3.85. The Hall–Kier alpha value is -1.95. The Labute approximate surface area is 137 Å². The molecule has 2 aromatic carbocycles. The first kappa shape index (κ1) is 17.4. The van der Waals surface area contributed by atoms with Crippen molar-refractivity contribution in [1.82, 2.24) is 5.32 Å². The molecule has 2 aromatic rings. The molecule has 2 rings (SSSR count). The van der Waals surface area contributed by atoms with Crippen LogP contribution in [-0.2, 0) is 6.18 Å². The van der Waals surface area contributed by atoms with Gasteiger partial charge in [-0.25, -0.2) is 0 Å². The zero-order valence-corrected chi connectivity index (χ0v) is 13.1. The summed E-state index contributed by atoms with van der Waals surface area (Å²) in [6.45, 7) is 0.338. The Balaban J connectivity index is 1.82. The van der Waals surface area contributed by atoms with E-state index < -0.39 is 17.6 Å². The van der Waals surface area contributed by atoms with E-state index in [-0.39, 0.29) is 5.56 Å². The maximum Gasteiger partial charge on any atom is 0.417 e. The van der Waals surface area contributed by atoms with Crippen molar-refractivity contribution in [2.24, 2.45) is 0 Å². The molecular formula is C17H16F3NOS. The van der Waals surface area contributed by atoms with Crippen molar-refractivity contribution >= 4 is 17.7 Å². The fraction of sp³-hybridized carbons (Fsp3) is 0.235. The van der Waals surface area contributed by atoms with Gasteiger partial charge in [-0.2, -0.15) is 13.2 Å². The van der Waals surface area contributed by atoms with E-state index in [1.54, 1.807) is 11.8 Å². The molecule has 1 N–H and O–H groups in total. The van der Waals surface area contributed by atoms with Crippen LogP contribution in [-0.4, -0.2) is 18.2 Å². The monoisotopic (exact) mass is 339 g/mol. The molecule has 6 heteroatoms. The van der Waals surface area contributed by atoms with E-state index in [4.69, 9.17) is 0 Å². The topological polar surface area (TPSA) is 29.1 Å². The number of rotatable bonds is 6. The third-order valence-corrected chi connectivity index (χ3v) is 4.19. The van der Waals surface area contributed by atoms with Gasteiger partial charge in [0.1, 0.15) is 0 Å². The summed E-state index contributed by atoms with van der Waals surface area (Å²) < 4.78 is 38.6. The van der Waals surface area contributed by atoms with Crippen LogP contribution in [0, 0.1) is 0 Å². The number of nitrogens with one attached hydrogen (secondary N) is 1. The van der Waals surface area contributed by atoms with Gasteiger partial charge in [0.25, 0.3) is 5.91 Å². The average Bonchev–Trinajstić information content (AvgIpc) is 2.54. The average molecular weight is 339 g/mol. The number of hydrogen-bond acceptors (Lipinski definition) is 2. The summed E-state index contributed by atoms with van der Waals surface area (Å²) in [5.74, 6) is 0.0909. The highest BCUT2D eigenvalue weighted by atomic mass is 32.2. The van der Waals surface area contributed by atoms with Gasteiger partial charge in [-0.1, -0.05) is 30.3 Å². The Kier molecular flexibility index (Phi) is 6.10. The van der Waals surface area contributed by atoms with Crippen molar-refractivity contribution in [3.63, 3.8) is 0 Å². The van der Waals surface area contributed by atoms with Crippen LogP contribution in [0.2, 0.25) is 0 Å². The first-order valence-corrected chi connectivity index (χ1v) is 8.09. The van der Waals surface area contributed by atoms with Gasteiger partial charge in [-0.3, -0.25) is 4.79 Å². The summed E-state index contributed by atoms with van der Waals surface area (Å²) in [4.78, 5) is 13.1. The Morgan fingerprint density at radius 3 is 2.35 bits per heavy atom. The van der Waals surface area contributed by atoms with Crippen LogP contribution in [0.15, 0.2) is 59.5 Å². The second-order valence-corrected chi connectivity index (χ2v) is 5.98. The van der Waals surface area contributed by atoms with Gasteiger partial charge in [0.15, 0.2) is 0 Å². The Morgan fingerprint density at radius 1 is 1.00 bits per heavy atom. The molecule has 0 bridgehead atoms. The number of hydrogen-bond donors (Lipinski definition) is 1. The minimum absolute atomic E-state index is 0.337. The molecule has 2 nitrogen and oxygen atoms in total. The highest BCUT2D eigenvalue weighted by Crippen LogP contribution is 2.31. The normalized spacial score (nSPS) is 11.3. The van der Waals surface area contributed by atoms with Crippen molar-refractivity contribution in [2.75, 3.05) is 12.3 Å². The van der Waals surface area contributed by atoms with E-state index in [1.807, 2.05) is 30.3 Å². The molecule has 0 radical (unpaired) electrons. The van der Waals surface area contributed by atoms with Gasteiger partial charge < -0.3 is 5.32 Å². The predicted octanol–water partition coefficient (Wildman–Crippen LogP) is 4.62. The van der Waals surface area contributed by atoms with Crippen molar-refractivity contribution in [1.29, 1.82) is 0 Å². The molecule has 0 unspecified atom stereocenters. The third-order valence-electron chi connectivity index (χ3n) is 3.10. The number of carbonyl (C=O) groups excluding carboxylic acids is 1. The standard InChI is InChI=1S/C17H16F3NOS/c18-17(19,20)15-10-5-4-9-14(15)16(22)21-11-6-12-23-13-7-2-1-3-8-13/h1-5,7-10H,6,11-12H2,(H,21,22). The van der Waals surface area contributed by atoms with Gasteiger partial charge in [-0.15, -0.1) is 11.8 Å². The van der Waals surface area contributed by atoms with E-state index in [9.17, 15) is 18.0 Å². The number of thioether (sulfide) groups is 1. The van der Waals surface area contributed by atoms with Gasteiger partial charge in [0.2, 0.25) is 0 Å². The quantitative estimate of drug-likeness (QED) is 0.615. The number of amides is 1. The fourth-order valence-electron chi connectivity index (χ4n) is 2.00. The molecule has 0 saturated carbocycles. The first-order valence-electron chi connectivity index (χ1n) is 7.11. The molecule has 0 heterocycles. The van der Waals surface area contributed by atoms with E-state index in [0.29, 0.717) is 13.0 Å². The number of benzene rings is 2. The van der Waals surface area contributed by atoms with Crippen molar-refractivity contribution in [3.05, 3.63) is 65.7 Å². The van der Waals surface area contributed by atoms with Crippen molar-refractivity contribution in [3.8, 4) is 0 Å². The van der Waals surface area contributed by atoms with Crippen LogP contribution in [0.25, 0.3) is 0 Å². The molecule has 0 aliphatic heterocycles. The van der Waals surface area contributed by atoms with Crippen LogP contribution >= 0.6 is 11.8 Å². The van der Waals surface area contributed by atoms with Crippen LogP contribution in [0.3, 0.4) is 0 Å². The minimum atomic E-state index is -4.53. The van der Waals surface area contributed by atoms with Crippen LogP contribution in [0.1, 0.15) is 22.3 Å². The molecule has 0 aromatic heterocycles. The zero-order valence-electron chi connectivity index (χ0n) is 12.3. The summed E-state index contributed by atoms with van der Waals surface area (Å²) in [5.41, 5.74) is -1.24. The van der Waals surface area contributed by atoms with E-state index in [1.165, 1.54) is 18.2 Å². The largest absolute Gasteiger partial charge is 0.417 e. The SMILES string of the molecule is O=C(NCCCSc1ccccc1)c1ccccc1C(F)(F)F. The van der Waals surface area contributed by atoms with Gasteiger partial charge in [0.05, 0.1) is 11.1 Å². The van der Waals surface area contributed by atoms with Crippen LogP contribution in [0.4, 0.5) is 13.2 Å². The number of halogens is 3. The first-order chi connectivity index (χ1) is 11.0. The lowest BCUT2D eigenvalue weighted by molar-refractivity contribution is -0.137. The molecule has 1 amide bonds. The number of carbonyl (C=O) groups is 1. The molecule has 0 aliphatic carbocycles. The maximum atomic E-state index is 12.9. The van der Waals surface area contributed by atoms with E-state index in [2.05, 4.69) is 5.32 Å². The lowest BCUT2D eigenvalue weighted by Gasteiger charge is -2.12. The van der Waals surface area contributed by atoms with Crippen LogP contribution in [0.5, 0.6) is 0 Å². The summed E-state index contributed by atoms with van der Waals surface area (Å²) in [6, 6.07) is 14.6. The maximum absolute atomic E-state index is 12.9. The van der Waals surface area contributed by atoms with Crippen LogP contribution < -0.4 is 5.32 Å². The zero-order chi connectivity index (χ0) is 16.7. The second-order valence-electron chi connectivity index (χ2n) is 4.81. The Bertz CT molecular complexity index is 644. The van der Waals surface area contributed by atoms with Gasteiger partial charge >= 0.3 is 6.18 Å². The summed E-state index contributed by atoms with van der Waals surface area (Å²) >= 11 is 1.64. The molecule has 0 saturated heterocycles. The molecule has 23 heavy (non-hydrogen) atoms. The molecule has 0 fully saturated rings. The lowest BCUT2D eigenvalue weighted by atomic mass is 10.1. The van der Waals surface area contributed by atoms with E-state index in [0.717, 1.165) is 16.7 Å².